The van der Waals surface area contributed by atoms with Crippen LogP contribution in [0.5, 0.6) is 0 Å². The van der Waals surface area contributed by atoms with E-state index in [1.165, 1.54) is 23.5 Å². The second-order valence-corrected chi connectivity index (χ2v) is 7.58. The maximum atomic E-state index is 13.1. The van der Waals surface area contributed by atoms with Gasteiger partial charge in [-0.3, -0.25) is 9.69 Å². The number of anilines is 1. The molecule has 27 heavy (non-hydrogen) atoms. The first-order valence-electron chi connectivity index (χ1n) is 8.50. The minimum absolute atomic E-state index is 0. The molecule has 2 aromatic carbocycles. The van der Waals surface area contributed by atoms with Crippen LogP contribution in [0.3, 0.4) is 0 Å². The number of amides is 1. The van der Waals surface area contributed by atoms with Crippen LogP contribution in [0.25, 0.3) is 10.2 Å². The fraction of sp³-hybridized carbons (Fsp3) is 0.300. The summed E-state index contributed by atoms with van der Waals surface area (Å²) in [6, 6.07) is 12.1. The van der Waals surface area contributed by atoms with Crippen molar-refractivity contribution < 1.29 is 9.18 Å². The first-order chi connectivity index (χ1) is 12.4. The van der Waals surface area contributed by atoms with Gasteiger partial charge in [0.25, 0.3) is 0 Å². The van der Waals surface area contributed by atoms with Crippen molar-refractivity contribution in [2.75, 3.05) is 32.1 Å². The molecule has 0 saturated heterocycles. The monoisotopic (exact) mass is 407 g/mol. The van der Waals surface area contributed by atoms with Crippen LogP contribution in [0.4, 0.5) is 9.52 Å². The number of likely N-dealkylation sites (N-methyl/N-ethyl adjacent to an activating group) is 1. The fourth-order valence-electron chi connectivity index (χ4n) is 2.69. The second-order valence-electron chi connectivity index (χ2n) is 6.57. The Labute approximate surface area is 169 Å². The quantitative estimate of drug-likeness (QED) is 0.611. The van der Waals surface area contributed by atoms with Crippen LogP contribution in [0.2, 0.25) is 0 Å². The highest BCUT2D eigenvalue weighted by molar-refractivity contribution is 7.22. The maximum Gasteiger partial charge on any atom is 0.233 e. The molecule has 0 radical (unpaired) electrons. The molecule has 1 aromatic heterocycles. The number of hydrogen-bond acceptors (Lipinski definition) is 4. The third-order valence-corrected chi connectivity index (χ3v) is 5.22. The molecule has 0 aliphatic heterocycles. The number of halogens is 2. The topological polar surface area (TPSA) is 36.4 Å². The molecule has 0 N–H and O–H groups in total. The molecule has 4 nitrogen and oxygen atoms in total. The van der Waals surface area contributed by atoms with Gasteiger partial charge in [-0.25, -0.2) is 9.37 Å². The van der Waals surface area contributed by atoms with E-state index in [0.717, 1.165) is 27.9 Å². The van der Waals surface area contributed by atoms with Crippen molar-refractivity contribution in [3.8, 4) is 0 Å². The fourth-order valence-corrected chi connectivity index (χ4v) is 3.78. The molecule has 0 aliphatic carbocycles. The van der Waals surface area contributed by atoms with Crippen LogP contribution >= 0.6 is 23.7 Å². The molecular formula is C20H23ClFN3OS. The summed E-state index contributed by atoms with van der Waals surface area (Å²) >= 11 is 1.53. The second kappa shape index (κ2) is 9.26. The summed E-state index contributed by atoms with van der Waals surface area (Å²) in [5, 5.41) is 0.711. The van der Waals surface area contributed by atoms with Gasteiger partial charge in [0.05, 0.1) is 16.6 Å². The van der Waals surface area contributed by atoms with Gasteiger partial charge in [-0.15, -0.1) is 12.4 Å². The molecule has 7 heteroatoms. The van der Waals surface area contributed by atoms with Crippen LogP contribution in [-0.4, -0.2) is 43.0 Å². The van der Waals surface area contributed by atoms with Crippen LogP contribution < -0.4 is 4.90 Å². The number of fused-ring (bicyclic) bond motifs is 1. The molecule has 0 bridgehead atoms. The van der Waals surface area contributed by atoms with E-state index < -0.39 is 0 Å². The molecule has 144 valence electrons. The largest absolute Gasteiger partial charge is 0.308 e. The first kappa shape index (κ1) is 21.3. The zero-order valence-electron chi connectivity index (χ0n) is 15.6. The number of para-hydroxylation sites is 1. The molecule has 1 heterocycles. The SMILES string of the molecule is Cc1cccc2sc(N(CCN(C)C)C(=O)Cc3ccc(F)cc3)nc12.Cl. The smallest absolute Gasteiger partial charge is 0.233 e. The van der Waals surface area contributed by atoms with Crippen molar-refractivity contribution in [2.24, 2.45) is 0 Å². The number of thiazole rings is 1. The van der Waals surface area contributed by atoms with E-state index in [1.807, 2.05) is 44.1 Å². The zero-order chi connectivity index (χ0) is 18.7. The molecule has 0 fully saturated rings. The Kier molecular flexibility index (Phi) is 7.30. The molecule has 3 aromatic rings. The van der Waals surface area contributed by atoms with Gasteiger partial charge in [-0.05, 0) is 50.3 Å². The average molecular weight is 408 g/mol. The summed E-state index contributed by atoms with van der Waals surface area (Å²) in [4.78, 5) is 21.4. The summed E-state index contributed by atoms with van der Waals surface area (Å²) in [6.45, 7) is 3.33. The lowest BCUT2D eigenvalue weighted by Gasteiger charge is -2.22. The zero-order valence-corrected chi connectivity index (χ0v) is 17.2. The van der Waals surface area contributed by atoms with E-state index in [4.69, 9.17) is 4.98 Å². The highest BCUT2D eigenvalue weighted by Crippen LogP contribution is 2.30. The summed E-state index contributed by atoms with van der Waals surface area (Å²) in [5.74, 6) is -0.331. The molecular weight excluding hydrogens is 385 g/mol. The predicted molar refractivity (Wildman–Crippen MR) is 113 cm³/mol. The molecule has 0 unspecified atom stereocenters. The van der Waals surface area contributed by atoms with Gasteiger partial charge in [-0.1, -0.05) is 35.6 Å². The normalized spacial score (nSPS) is 10.9. The lowest BCUT2D eigenvalue weighted by atomic mass is 10.1. The Morgan fingerprint density at radius 2 is 1.81 bits per heavy atom. The van der Waals surface area contributed by atoms with E-state index in [9.17, 15) is 9.18 Å². The minimum Gasteiger partial charge on any atom is -0.308 e. The van der Waals surface area contributed by atoms with Gasteiger partial charge in [0.2, 0.25) is 5.91 Å². The number of carbonyl (C=O) groups excluding carboxylic acids is 1. The number of benzene rings is 2. The predicted octanol–water partition coefficient (Wildman–Crippen LogP) is 4.30. The average Bonchev–Trinajstić information content (AvgIpc) is 3.02. The Balaban J connectivity index is 0.00000261. The molecule has 1 amide bonds. The molecule has 0 spiro atoms. The lowest BCUT2D eigenvalue weighted by Crippen LogP contribution is -2.37. The lowest BCUT2D eigenvalue weighted by molar-refractivity contribution is -0.118. The van der Waals surface area contributed by atoms with Crippen molar-refractivity contribution in [1.82, 2.24) is 9.88 Å². The Bertz CT molecular complexity index is 911. The molecule has 0 aliphatic rings. The van der Waals surface area contributed by atoms with Crippen molar-refractivity contribution in [1.29, 1.82) is 0 Å². The third kappa shape index (κ3) is 5.25. The highest BCUT2D eigenvalue weighted by atomic mass is 35.5. The van der Waals surface area contributed by atoms with Gasteiger partial charge < -0.3 is 4.90 Å². The molecule has 3 rings (SSSR count). The third-order valence-electron chi connectivity index (χ3n) is 4.18. The van der Waals surface area contributed by atoms with Crippen LogP contribution in [0.1, 0.15) is 11.1 Å². The van der Waals surface area contributed by atoms with Gasteiger partial charge in [0.15, 0.2) is 5.13 Å². The van der Waals surface area contributed by atoms with E-state index in [1.54, 1.807) is 17.0 Å². The number of carbonyl (C=O) groups is 1. The van der Waals surface area contributed by atoms with Crippen LogP contribution in [-0.2, 0) is 11.2 Å². The number of aromatic nitrogens is 1. The number of aryl methyl sites for hydroxylation is 1. The van der Waals surface area contributed by atoms with E-state index in [0.29, 0.717) is 11.7 Å². The molecule has 0 saturated carbocycles. The summed E-state index contributed by atoms with van der Waals surface area (Å²) in [7, 11) is 3.95. The Morgan fingerprint density at radius 3 is 2.44 bits per heavy atom. The van der Waals surface area contributed by atoms with Crippen molar-refractivity contribution in [2.45, 2.75) is 13.3 Å². The van der Waals surface area contributed by atoms with Gasteiger partial charge in [0, 0.05) is 13.1 Å². The van der Waals surface area contributed by atoms with E-state index in [2.05, 4.69) is 0 Å². The van der Waals surface area contributed by atoms with Gasteiger partial charge in [0.1, 0.15) is 5.82 Å². The standard InChI is InChI=1S/C20H22FN3OS.ClH/c1-14-5-4-6-17-19(14)22-20(26-17)24(12-11-23(2)3)18(25)13-15-7-9-16(21)10-8-15;/h4-10H,11-13H2,1-3H3;1H. The van der Waals surface area contributed by atoms with Crippen molar-refractivity contribution in [3.05, 3.63) is 59.4 Å². The Morgan fingerprint density at radius 1 is 1.11 bits per heavy atom. The Hall–Kier alpha value is -2.02. The highest BCUT2D eigenvalue weighted by Gasteiger charge is 2.20. The number of nitrogens with zero attached hydrogens (tertiary/aromatic N) is 3. The maximum absolute atomic E-state index is 13.1. The van der Waals surface area contributed by atoms with Gasteiger partial charge in [-0.2, -0.15) is 0 Å². The summed E-state index contributed by atoms with van der Waals surface area (Å²) in [5.41, 5.74) is 2.84. The van der Waals surface area contributed by atoms with E-state index in [-0.39, 0.29) is 30.6 Å². The minimum atomic E-state index is -0.299. The van der Waals surface area contributed by atoms with Gasteiger partial charge >= 0.3 is 0 Å². The van der Waals surface area contributed by atoms with Crippen molar-refractivity contribution >= 4 is 45.0 Å². The summed E-state index contributed by atoms with van der Waals surface area (Å²) < 4.78 is 14.2. The molecule has 0 atom stereocenters. The van der Waals surface area contributed by atoms with E-state index >= 15 is 0 Å². The van der Waals surface area contributed by atoms with Crippen LogP contribution in [0, 0.1) is 12.7 Å². The number of rotatable bonds is 6. The first-order valence-corrected chi connectivity index (χ1v) is 9.31. The van der Waals surface area contributed by atoms with Crippen LogP contribution in [0.15, 0.2) is 42.5 Å². The summed E-state index contributed by atoms with van der Waals surface area (Å²) in [6.07, 6.45) is 0.225. The number of hydrogen-bond donors (Lipinski definition) is 0. The van der Waals surface area contributed by atoms with Crippen molar-refractivity contribution in [3.63, 3.8) is 0 Å².